The van der Waals surface area contributed by atoms with Gasteiger partial charge in [0.25, 0.3) is 5.91 Å². The van der Waals surface area contributed by atoms with E-state index < -0.39 is 0 Å². The van der Waals surface area contributed by atoms with Crippen LogP contribution < -0.4 is 16.9 Å². The van der Waals surface area contributed by atoms with Crippen LogP contribution in [0.15, 0.2) is 53.6 Å². The van der Waals surface area contributed by atoms with Crippen LogP contribution in [-0.2, 0) is 0 Å². The first-order valence-electron chi connectivity index (χ1n) is 6.12. The zero-order chi connectivity index (χ0) is 14.5. The number of carbonyl (C=O) groups excluding carboxylic acids is 1. The first kappa shape index (κ1) is 13.6. The van der Waals surface area contributed by atoms with Gasteiger partial charge in [0.05, 0.1) is 5.71 Å². The molecule has 0 radical (unpaired) electrons. The van der Waals surface area contributed by atoms with Gasteiger partial charge < -0.3 is 11.5 Å². The van der Waals surface area contributed by atoms with E-state index in [1.807, 2.05) is 19.1 Å². The van der Waals surface area contributed by atoms with Crippen molar-refractivity contribution in [1.82, 2.24) is 5.43 Å². The van der Waals surface area contributed by atoms with Crippen LogP contribution in [0.2, 0.25) is 0 Å². The lowest BCUT2D eigenvalue weighted by Gasteiger charge is -2.04. The number of hydrazone groups is 1. The number of rotatable bonds is 3. The van der Waals surface area contributed by atoms with Gasteiger partial charge in [-0.2, -0.15) is 5.10 Å². The van der Waals surface area contributed by atoms with Crippen molar-refractivity contribution in [2.24, 2.45) is 5.10 Å². The van der Waals surface area contributed by atoms with Crippen LogP contribution in [0.4, 0.5) is 11.4 Å². The van der Waals surface area contributed by atoms with Crippen molar-refractivity contribution in [3.63, 3.8) is 0 Å². The Morgan fingerprint density at radius 2 is 1.35 bits per heavy atom. The molecule has 0 aliphatic rings. The lowest BCUT2D eigenvalue weighted by atomic mass is 10.1. The molecule has 0 fully saturated rings. The third kappa shape index (κ3) is 3.35. The van der Waals surface area contributed by atoms with Crippen molar-refractivity contribution in [1.29, 1.82) is 0 Å². The number of nitrogens with one attached hydrogen (secondary N) is 1. The normalized spacial score (nSPS) is 11.2. The van der Waals surface area contributed by atoms with Gasteiger partial charge >= 0.3 is 0 Å². The second-order valence-corrected chi connectivity index (χ2v) is 4.38. The lowest BCUT2D eigenvalue weighted by molar-refractivity contribution is 0.0955. The summed E-state index contributed by atoms with van der Waals surface area (Å²) in [4.78, 5) is 11.9. The fourth-order valence-electron chi connectivity index (χ4n) is 1.62. The summed E-state index contributed by atoms with van der Waals surface area (Å²) in [7, 11) is 0. The highest BCUT2D eigenvalue weighted by atomic mass is 16.2. The summed E-state index contributed by atoms with van der Waals surface area (Å²) in [6, 6.07) is 13.9. The van der Waals surface area contributed by atoms with Crippen LogP contribution in [-0.4, -0.2) is 11.6 Å². The van der Waals surface area contributed by atoms with Crippen molar-refractivity contribution in [2.45, 2.75) is 6.92 Å². The van der Waals surface area contributed by atoms with E-state index in [0.717, 1.165) is 5.56 Å². The SMILES string of the molecule is C/C(=N\NC(=O)c1ccc(N)cc1)c1ccc(N)cc1. The van der Waals surface area contributed by atoms with Gasteiger partial charge in [0.1, 0.15) is 0 Å². The summed E-state index contributed by atoms with van der Waals surface area (Å²) >= 11 is 0. The predicted molar refractivity (Wildman–Crippen MR) is 81.4 cm³/mol. The largest absolute Gasteiger partial charge is 0.399 e. The molecule has 20 heavy (non-hydrogen) atoms. The Bertz CT molecular complexity index is 630. The monoisotopic (exact) mass is 268 g/mol. The minimum Gasteiger partial charge on any atom is -0.399 e. The van der Waals surface area contributed by atoms with E-state index in [-0.39, 0.29) is 5.91 Å². The maximum Gasteiger partial charge on any atom is 0.271 e. The molecule has 0 aliphatic heterocycles. The smallest absolute Gasteiger partial charge is 0.271 e. The summed E-state index contributed by atoms with van der Waals surface area (Å²) < 4.78 is 0. The molecular formula is C15H16N4O. The molecule has 0 bridgehead atoms. The molecule has 0 spiro atoms. The van der Waals surface area contributed by atoms with E-state index in [2.05, 4.69) is 10.5 Å². The van der Waals surface area contributed by atoms with Gasteiger partial charge in [-0.05, 0) is 48.9 Å². The Labute approximate surface area is 117 Å². The highest BCUT2D eigenvalue weighted by Crippen LogP contribution is 2.07. The topological polar surface area (TPSA) is 93.5 Å². The molecule has 5 N–H and O–H groups in total. The molecule has 0 aromatic heterocycles. The van der Waals surface area contributed by atoms with E-state index in [1.54, 1.807) is 36.4 Å². The zero-order valence-corrected chi connectivity index (χ0v) is 11.1. The Kier molecular flexibility index (Phi) is 4.00. The molecule has 0 unspecified atom stereocenters. The number of carbonyl (C=O) groups is 1. The average molecular weight is 268 g/mol. The number of nitrogens with zero attached hydrogens (tertiary/aromatic N) is 1. The number of nitrogen functional groups attached to an aromatic ring is 2. The van der Waals surface area contributed by atoms with Crippen molar-refractivity contribution in [2.75, 3.05) is 11.5 Å². The van der Waals surface area contributed by atoms with E-state index in [4.69, 9.17) is 11.5 Å². The summed E-state index contributed by atoms with van der Waals surface area (Å²) in [6.07, 6.45) is 0. The highest BCUT2D eigenvalue weighted by molar-refractivity contribution is 6.01. The molecule has 0 atom stereocenters. The van der Waals surface area contributed by atoms with Gasteiger partial charge in [-0.25, -0.2) is 5.43 Å². The van der Waals surface area contributed by atoms with Crippen molar-refractivity contribution in [3.05, 3.63) is 59.7 Å². The maximum absolute atomic E-state index is 11.9. The van der Waals surface area contributed by atoms with Crippen molar-refractivity contribution < 1.29 is 4.79 Å². The minimum absolute atomic E-state index is 0.278. The van der Waals surface area contributed by atoms with Gasteiger partial charge in [0.15, 0.2) is 0 Å². The summed E-state index contributed by atoms with van der Waals surface area (Å²) in [5.74, 6) is -0.278. The van der Waals surface area contributed by atoms with E-state index in [9.17, 15) is 4.79 Å². The number of benzene rings is 2. The Morgan fingerprint density at radius 3 is 1.85 bits per heavy atom. The molecule has 2 aromatic carbocycles. The molecule has 0 heterocycles. The summed E-state index contributed by atoms with van der Waals surface area (Å²) in [5.41, 5.74) is 17.1. The average Bonchev–Trinajstić information content (AvgIpc) is 2.46. The minimum atomic E-state index is -0.278. The standard InChI is InChI=1S/C15H16N4O/c1-10(11-2-6-13(16)7-3-11)18-19-15(20)12-4-8-14(17)9-5-12/h2-9H,16-17H2,1H3,(H,19,20)/b18-10+. The number of hydrogen-bond acceptors (Lipinski definition) is 4. The number of anilines is 2. The van der Waals surface area contributed by atoms with Gasteiger partial charge in [-0.1, -0.05) is 12.1 Å². The third-order valence-electron chi connectivity index (χ3n) is 2.83. The van der Waals surface area contributed by atoms with Crippen LogP contribution in [0, 0.1) is 0 Å². The van der Waals surface area contributed by atoms with Gasteiger partial charge in [0, 0.05) is 16.9 Å². The van der Waals surface area contributed by atoms with Crippen molar-refractivity contribution in [3.8, 4) is 0 Å². The van der Waals surface area contributed by atoms with Gasteiger partial charge in [-0.15, -0.1) is 0 Å². The second kappa shape index (κ2) is 5.88. The van der Waals surface area contributed by atoms with Gasteiger partial charge in [0.2, 0.25) is 0 Å². The number of nitrogens with two attached hydrogens (primary N) is 2. The predicted octanol–water partition coefficient (Wildman–Crippen LogP) is 2.00. The van der Waals surface area contributed by atoms with Crippen LogP contribution in [0.1, 0.15) is 22.8 Å². The zero-order valence-electron chi connectivity index (χ0n) is 11.1. The van der Waals surface area contributed by atoms with E-state index in [0.29, 0.717) is 22.6 Å². The molecule has 0 aliphatic carbocycles. The quantitative estimate of drug-likeness (QED) is 0.451. The first-order chi connectivity index (χ1) is 9.56. The molecule has 2 aromatic rings. The molecular weight excluding hydrogens is 252 g/mol. The molecule has 0 saturated heterocycles. The van der Waals surface area contributed by atoms with Crippen LogP contribution in [0.25, 0.3) is 0 Å². The summed E-state index contributed by atoms with van der Waals surface area (Å²) in [5, 5.41) is 4.07. The number of amides is 1. The highest BCUT2D eigenvalue weighted by Gasteiger charge is 2.04. The van der Waals surface area contributed by atoms with Crippen LogP contribution in [0.3, 0.4) is 0 Å². The third-order valence-corrected chi connectivity index (χ3v) is 2.83. The fourth-order valence-corrected chi connectivity index (χ4v) is 1.62. The van der Waals surface area contributed by atoms with Crippen LogP contribution >= 0.6 is 0 Å². The summed E-state index contributed by atoms with van der Waals surface area (Å²) in [6.45, 7) is 1.81. The number of hydrogen-bond donors (Lipinski definition) is 3. The Morgan fingerprint density at radius 1 is 0.900 bits per heavy atom. The van der Waals surface area contributed by atoms with Crippen molar-refractivity contribution >= 4 is 23.0 Å². The molecule has 0 saturated carbocycles. The molecule has 5 nitrogen and oxygen atoms in total. The van der Waals surface area contributed by atoms with E-state index >= 15 is 0 Å². The maximum atomic E-state index is 11.9. The molecule has 2 rings (SSSR count). The first-order valence-corrected chi connectivity index (χ1v) is 6.12. The molecule has 1 amide bonds. The molecule has 5 heteroatoms. The Hall–Kier alpha value is -2.82. The van der Waals surface area contributed by atoms with E-state index in [1.165, 1.54) is 0 Å². The second-order valence-electron chi connectivity index (χ2n) is 4.38. The fraction of sp³-hybridized carbons (Fsp3) is 0.0667. The molecule has 102 valence electrons. The van der Waals surface area contributed by atoms with Gasteiger partial charge in [-0.3, -0.25) is 4.79 Å². The Balaban J connectivity index is 2.06. The lowest BCUT2D eigenvalue weighted by Crippen LogP contribution is -2.19. The van der Waals surface area contributed by atoms with Crippen LogP contribution in [0.5, 0.6) is 0 Å².